The van der Waals surface area contributed by atoms with E-state index in [9.17, 15) is 4.79 Å². The monoisotopic (exact) mass is 168 g/mol. The zero-order valence-electron chi connectivity index (χ0n) is 7.09. The van der Waals surface area contributed by atoms with E-state index in [4.69, 9.17) is 11.0 Å². The van der Waals surface area contributed by atoms with Crippen LogP contribution < -0.4 is 16.6 Å². The summed E-state index contributed by atoms with van der Waals surface area (Å²) in [7, 11) is 0. The van der Waals surface area contributed by atoms with Crippen molar-refractivity contribution in [2.45, 2.75) is 13.8 Å². The highest BCUT2D eigenvalue weighted by Crippen LogP contribution is 1.88. The van der Waals surface area contributed by atoms with Crippen molar-refractivity contribution < 1.29 is 4.79 Å². The molecule has 0 atom stereocenters. The predicted octanol–water partition coefficient (Wildman–Crippen LogP) is -0.413. The molecule has 0 radical (unpaired) electrons. The lowest BCUT2D eigenvalue weighted by molar-refractivity contribution is -0.124. The Hall–Kier alpha value is -1.70. The van der Waals surface area contributed by atoms with Crippen molar-refractivity contribution in [1.82, 2.24) is 10.9 Å². The second-order valence-corrected chi connectivity index (χ2v) is 2.50. The van der Waals surface area contributed by atoms with Gasteiger partial charge in [0.2, 0.25) is 5.91 Å². The zero-order chi connectivity index (χ0) is 9.56. The average molecular weight is 168 g/mol. The minimum Gasteiger partial charge on any atom is -0.384 e. The highest BCUT2D eigenvalue weighted by atomic mass is 16.2. The summed E-state index contributed by atoms with van der Waals surface area (Å²) in [4.78, 5) is 10.9. The molecule has 0 aromatic rings. The number of carbonyl (C=O) groups excluding carboxylic acids is 1. The summed E-state index contributed by atoms with van der Waals surface area (Å²) in [5.41, 5.74) is 9.96. The molecule has 0 heterocycles. The van der Waals surface area contributed by atoms with E-state index < -0.39 is 0 Å². The number of rotatable bonds is 3. The molecule has 0 saturated carbocycles. The van der Waals surface area contributed by atoms with Gasteiger partial charge in [-0.25, -0.2) is 0 Å². The van der Waals surface area contributed by atoms with Crippen LogP contribution >= 0.6 is 0 Å². The highest BCUT2D eigenvalue weighted by molar-refractivity contribution is 5.77. The fraction of sp³-hybridized carbons (Fsp3) is 0.429. The Morgan fingerprint density at radius 2 is 2.17 bits per heavy atom. The summed E-state index contributed by atoms with van der Waals surface area (Å²) < 4.78 is 0. The largest absolute Gasteiger partial charge is 0.384 e. The van der Waals surface area contributed by atoms with E-state index in [1.807, 2.05) is 0 Å². The Balaban J connectivity index is 3.78. The van der Waals surface area contributed by atoms with Gasteiger partial charge in [-0.05, 0) is 0 Å². The Labute approximate surface area is 71.2 Å². The first kappa shape index (κ1) is 10.3. The van der Waals surface area contributed by atoms with Crippen LogP contribution in [0.2, 0.25) is 0 Å². The third-order valence-corrected chi connectivity index (χ3v) is 1.07. The lowest BCUT2D eigenvalue weighted by Crippen LogP contribution is -2.41. The molecule has 12 heavy (non-hydrogen) atoms. The van der Waals surface area contributed by atoms with Crippen LogP contribution in [0.15, 0.2) is 11.9 Å². The van der Waals surface area contributed by atoms with Crippen molar-refractivity contribution in [1.29, 1.82) is 5.26 Å². The van der Waals surface area contributed by atoms with Crippen molar-refractivity contribution >= 4 is 5.91 Å². The minimum atomic E-state index is -0.177. The average Bonchev–Trinajstić information content (AvgIpc) is 2.00. The molecular weight excluding hydrogens is 156 g/mol. The number of hydrogen-bond donors (Lipinski definition) is 3. The van der Waals surface area contributed by atoms with Crippen LogP contribution in [0.4, 0.5) is 0 Å². The molecule has 0 fully saturated rings. The molecule has 5 heteroatoms. The van der Waals surface area contributed by atoms with Crippen LogP contribution in [-0.4, -0.2) is 5.91 Å². The van der Waals surface area contributed by atoms with Gasteiger partial charge in [-0.3, -0.25) is 15.6 Å². The van der Waals surface area contributed by atoms with Crippen molar-refractivity contribution in [2.75, 3.05) is 0 Å². The lowest BCUT2D eigenvalue weighted by Gasteiger charge is -2.08. The van der Waals surface area contributed by atoms with Crippen molar-refractivity contribution in [3.8, 4) is 6.07 Å². The third-order valence-electron chi connectivity index (χ3n) is 1.07. The van der Waals surface area contributed by atoms with Crippen LogP contribution in [0, 0.1) is 17.2 Å². The Bertz CT molecular complexity index is 226. The molecule has 1 amide bonds. The Kier molecular flexibility index (Phi) is 4.31. The number of nitrogens with zero attached hydrogens (tertiary/aromatic N) is 1. The minimum absolute atomic E-state index is 0.117. The van der Waals surface area contributed by atoms with Crippen LogP contribution in [-0.2, 0) is 4.79 Å². The van der Waals surface area contributed by atoms with Crippen LogP contribution in [0.25, 0.3) is 0 Å². The second kappa shape index (κ2) is 5.02. The fourth-order valence-electron chi connectivity index (χ4n) is 0.384. The smallest absolute Gasteiger partial charge is 0.240 e. The molecule has 4 N–H and O–H groups in total. The topological polar surface area (TPSA) is 90.9 Å². The molecular formula is C7H12N4O. The number of hydrogen-bond acceptors (Lipinski definition) is 4. The first-order valence-corrected chi connectivity index (χ1v) is 3.49. The SMILES string of the molecule is CC(C)C(=O)NN/C(N)=C/C#N. The Morgan fingerprint density at radius 1 is 1.58 bits per heavy atom. The molecule has 0 aromatic carbocycles. The maximum atomic E-state index is 10.9. The van der Waals surface area contributed by atoms with Gasteiger partial charge in [0.05, 0.1) is 12.1 Å². The van der Waals surface area contributed by atoms with Gasteiger partial charge in [0.25, 0.3) is 0 Å². The number of nitriles is 1. The van der Waals surface area contributed by atoms with Crippen LogP contribution in [0.1, 0.15) is 13.8 Å². The van der Waals surface area contributed by atoms with Gasteiger partial charge in [-0.1, -0.05) is 13.8 Å². The van der Waals surface area contributed by atoms with Gasteiger partial charge >= 0.3 is 0 Å². The van der Waals surface area contributed by atoms with E-state index in [-0.39, 0.29) is 17.6 Å². The molecule has 66 valence electrons. The van der Waals surface area contributed by atoms with Crippen molar-refractivity contribution in [2.24, 2.45) is 11.7 Å². The first-order chi connectivity index (χ1) is 5.57. The lowest BCUT2D eigenvalue weighted by atomic mass is 10.2. The van der Waals surface area contributed by atoms with Crippen molar-refractivity contribution in [3.63, 3.8) is 0 Å². The molecule has 0 rings (SSSR count). The van der Waals surface area contributed by atoms with E-state index in [0.29, 0.717) is 0 Å². The summed E-state index contributed by atoms with van der Waals surface area (Å²) in [6.45, 7) is 3.50. The molecule has 0 bridgehead atoms. The van der Waals surface area contributed by atoms with E-state index in [2.05, 4.69) is 10.9 Å². The molecule has 0 aliphatic heterocycles. The second-order valence-electron chi connectivity index (χ2n) is 2.50. The van der Waals surface area contributed by atoms with Gasteiger partial charge in [0, 0.05) is 5.92 Å². The van der Waals surface area contributed by atoms with Crippen LogP contribution in [0.5, 0.6) is 0 Å². The maximum absolute atomic E-state index is 10.9. The number of carbonyl (C=O) groups is 1. The number of nitrogens with two attached hydrogens (primary N) is 1. The molecule has 0 spiro atoms. The van der Waals surface area contributed by atoms with Gasteiger partial charge in [0.15, 0.2) is 0 Å². The number of allylic oxidation sites excluding steroid dienone is 1. The van der Waals surface area contributed by atoms with E-state index >= 15 is 0 Å². The fourth-order valence-corrected chi connectivity index (χ4v) is 0.384. The van der Waals surface area contributed by atoms with Gasteiger partial charge in [0.1, 0.15) is 5.82 Å². The summed E-state index contributed by atoms with van der Waals surface area (Å²) in [5.74, 6) is -0.178. The van der Waals surface area contributed by atoms with Crippen molar-refractivity contribution in [3.05, 3.63) is 11.9 Å². The standard InChI is InChI=1S/C7H12N4O/c1-5(2)7(12)11-10-6(9)3-4-8/h3,5,10H,9H2,1-2H3,(H,11,12)/b6-3+. The van der Waals surface area contributed by atoms with Gasteiger partial charge in [-0.15, -0.1) is 0 Å². The molecule has 0 aliphatic carbocycles. The third kappa shape index (κ3) is 4.17. The summed E-state index contributed by atoms with van der Waals surface area (Å²) in [6.07, 6.45) is 1.10. The summed E-state index contributed by atoms with van der Waals surface area (Å²) in [5, 5.41) is 8.15. The maximum Gasteiger partial charge on any atom is 0.240 e. The molecule has 0 saturated heterocycles. The van der Waals surface area contributed by atoms with E-state index in [1.54, 1.807) is 19.9 Å². The molecule has 0 aromatic heterocycles. The zero-order valence-corrected chi connectivity index (χ0v) is 7.09. The summed E-state index contributed by atoms with van der Waals surface area (Å²) >= 11 is 0. The number of amides is 1. The number of nitrogens with one attached hydrogen (secondary N) is 2. The predicted molar refractivity (Wildman–Crippen MR) is 44.0 cm³/mol. The molecule has 0 unspecified atom stereocenters. The van der Waals surface area contributed by atoms with Gasteiger partial charge in [-0.2, -0.15) is 5.26 Å². The van der Waals surface area contributed by atoms with Gasteiger partial charge < -0.3 is 5.73 Å². The molecule has 5 nitrogen and oxygen atoms in total. The Morgan fingerprint density at radius 3 is 2.58 bits per heavy atom. The van der Waals surface area contributed by atoms with E-state index in [1.165, 1.54) is 0 Å². The van der Waals surface area contributed by atoms with E-state index in [0.717, 1.165) is 6.08 Å². The quantitative estimate of drug-likeness (QED) is 0.394. The van der Waals surface area contributed by atoms with Crippen LogP contribution in [0.3, 0.4) is 0 Å². The number of hydrazine groups is 1. The highest BCUT2D eigenvalue weighted by Gasteiger charge is 2.04. The molecule has 0 aliphatic rings. The first-order valence-electron chi connectivity index (χ1n) is 3.49. The normalized spacial score (nSPS) is 10.7. The summed E-state index contributed by atoms with van der Waals surface area (Å²) in [6, 6.07) is 1.72.